The zero-order valence-electron chi connectivity index (χ0n) is 14.6. The second kappa shape index (κ2) is 7.79. The van der Waals surface area contributed by atoms with Gasteiger partial charge in [-0.15, -0.1) is 11.3 Å². The molecule has 0 unspecified atom stereocenters. The van der Waals surface area contributed by atoms with E-state index >= 15 is 0 Å². The molecule has 0 saturated heterocycles. The molecule has 1 amide bonds. The quantitative estimate of drug-likeness (QED) is 0.475. The molecule has 0 radical (unpaired) electrons. The number of aromatic nitrogens is 3. The van der Waals surface area contributed by atoms with Gasteiger partial charge in [0.25, 0.3) is 0 Å². The lowest BCUT2D eigenvalue weighted by Gasteiger charge is -2.09. The number of imidazole rings is 1. The predicted octanol–water partition coefficient (Wildman–Crippen LogP) is 5.11. The molecule has 0 aliphatic carbocycles. The third kappa shape index (κ3) is 3.69. The van der Waals surface area contributed by atoms with E-state index in [9.17, 15) is 4.79 Å². The second-order valence-electron chi connectivity index (χ2n) is 5.92. The normalized spacial score (nSPS) is 11.0. The van der Waals surface area contributed by atoms with Gasteiger partial charge in [-0.05, 0) is 24.3 Å². The second-order valence-corrected chi connectivity index (χ2v) is 7.62. The first-order valence-electron chi connectivity index (χ1n) is 8.24. The molecule has 0 aliphatic heterocycles. The van der Waals surface area contributed by atoms with Gasteiger partial charge in [-0.1, -0.05) is 35.3 Å². The number of benzene rings is 2. The van der Waals surface area contributed by atoms with E-state index in [4.69, 9.17) is 27.9 Å². The van der Waals surface area contributed by atoms with Crippen LogP contribution in [0.15, 0.2) is 48.1 Å². The Balaban J connectivity index is 1.53. The van der Waals surface area contributed by atoms with E-state index in [-0.39, 0.29) is 12.5 Å². The molecular weight excluding hydrogens is 419 g/mol. The van der Waals surface area contributed by atoms with Crippen LogP contribution in [-0.2, 0) is 11.3 Å². The molecule has 4 aromatic rings. The largest absolute Gasteiger partial charge is 0.494 e. The molecule has 2 aromatic heterocycles. The van der Waals surface area contributed by atoms with Crippen molar-refractivity contribution in [3.05, 3.63) is 58.2 Å². The molecule has 6 nitrogen and oxygen atoms in total. The van der Waals surface area contributed by atoms with E-state index < -0.39 is 0 Å². The van der Waals surface area contributed by atoms with E-state index in [0.717, 1.165) is 11.0 Å². The third-order valence-corrected chi connectivity index (χ3v) is 5.34. The number of para-hydroxylation sites is 2. The van der Waals surface area contributed by atoms with Crippen LogP contribution in [0.4, 0.5) is 5.13 Å². The van der Waals surface area contributed by atoms with Crippen LogP contribution >= 0.6 is 34.5 Å². The van der Waals surface area contributed by atoms with Crippen molar-refractivity contribution in [2.45, 2.75) is 6.54 Å². The molecule has 0 aliphatic rings. The number of methoxy groups -OCH3 is 1. The highest BCUT2D eigenvalue weighted by Gasteiger charge is 2.16. The van der Waals surface area contributed by atoms with Crippen LogP contribution in [0, 0.1) is 0 Å². The number of carbonyl (C=O) groups excluding carboxylic acids is 1. The van der Waals surface area contributed by atoms with E-state index in [1.165, 1.54) is 18.4 Å². The minimum atomic E-state index is -0.194. The van der Waals surface area contributed by atoms with Gasteiger partial charge in [0.2, 0.25) is 5.91 Å². The van der Waals surface area contributed by atoms with Crippen LogP contribution in [-0.4, -0.2) is 27.6 Å². The summed E-state index contributed by atoms with van der Waals surface area (Å²) in [5.41, 5.74) is 3.03. The van der Waals surface area contributed by atoms with Gasteiger partial charge >= 0.3 is 0 Å². The number of ether oxygens (including phenoxy) is 1. The minimum absolute atomic E-state index is 0.141. The van der Waals surface area contributed by atoms with Crippen LogP contribution in [0.3, 0.4) is 0 Å². The van der Waals surface area contributed by atoms with Gasteiger partial charge in [-0.25, -0.2) is 9.97 Å². The summed E-state index contributed by atoms with van der Waals surface area (Å²) in [6.45, 7) is 0.141. The summed E-state index contributed by atoms with van der Waals surface area (Å²) in [6.07, 6.45) is 1.65. The molecule has 0 fully saturated rings. The van der Waals surface area contributed by atoms with Crippen molar-refractivity contribution in [1.82, 2.24) is 14.5 Å². The van der Waals surface area contributed by atoms with Crippen LogP contribution in [0.1, 0.15) is 0 Å². The molecule has 4 rings (SSSR count). The molecule has 142 valence electrons. The van der Waals surface area contributed by atoms with Gasteiger partial charge < -0.3 is 14.6 Å². The van der Waals surface area contributed by atoms with Gasteiger partial charge in [0, 0.05) is 16.0 Å². The summed E-state index contributed by atoms with van der Waals surface area (Å²) in [7, 11) is 1.53. The molecule has 0 bridgehead atoms. The van der Waals surface area contributed by atoms with Crippen LogP contribution in [0.25, 0.3) is 22.3 Å². The monoisotopic (exact) mass is 432 g/mol. The summed E-state index contributed by atoms with van der Waals surface area (Å²) in [4.78, 5) is 21.2. The minimum Gasteiger partial charge on any atom is -0.494 e. The predicted molar refractivity (Wildman–Crippen MR) is 112 cm³/mol. The van der Waals surface area contributed by atoms with Gasteiger partial charge in [0.05, 0.1) is 35.2 Å². The lowest BCUT2D eigenvalue weighted by atomic mass is 10.1. The fourth-order valence-corrected chi connectivity index (χ4v) is 4.16. The number of thiazole rings is 1. The molecule has 28 heavy (non-hydrogen) atoms. The van der Waals surface area contributed by atoms with Crippen molar-refractivity contribution in [1.29, 1.82) is 0 Å². The number of carbonyl (C=O) groups is 1. The van der Waals surface area contributed by atoms with Gasteiger partial charge in [-0.2, -0.15) is 0 Å². The number of rotatable bonds is 5. The molecule has 0 saturated carbocycles. The molecular formula is C19H14Cl2N4O2S. The first kappa shape index (κ1) is 18.7. The van der Waals surface area contributed by atoms with E-state index in [1.807, 2.05) is 29.6 Å². The number of hydrogen-bond acceptors (Lipinski definition) is 5. The average Bonchev–Trinajstić information content (AvgIpc) is 3.29. The topological polar surface area (TPSA) is 69.0 Å². The Kier molecular flexibility index (Phi) is 5.21. The fraction of sp³-hybridized carbons (Fsp3) is 0.105. The molecule has 0 spiro atoms. The zero-order chi connectivity index (χ0) is 19.7. The average molecular weight is 433 g/mol. The molecule has 2 aromatic carbocycles. The van der Waals surface area contributed by atoms with Crippen LogP contribution < -0.4 is 10.1 Å². The molecule has 0 atom stereocenters. The summed E-state index contributed by atoms with van der Waals surface area (Å²) >= 11 is 13.6. The highest BCUT2D eigenvalue weighted by Crippen LogP contribution is 2.39. The number of anilines is 1. The van der Waals surface area contributed by atoms with Gasteiger partial charge in [0.15, 0.2) is 5.13 Å². The standard InChI is InChI=1S/C19H14Cl2N4O2S/c1-27-18-12(6-11(20)7-13(18)21)15-9-28-19(23-15)24-17(26)8-25-10-22-14-4-2-3-5-16(14)25/h2-7,9-10H,8H2,1H3,(H,23,24,26). The zero-order valence-corrected chi connectivity index (χ0v) is 17.0. The van der Waals surface area contributed by atoms with Crippen molar-refractivity contribution < 1.29 is 9.53 Å². The molecule has 9 heteroatoms. The van der Waals surface area contributed by atoms with Crippen molar-refractivity contribution in [3.63, 3.8) is 0 Å². The summed E-state index contributed by atoms with van der Waals surface area (Å²) in [5.74, 6) is 0.291. The Hall–Kier alpha value is -2.61. The Morgan fingerprint density at radius 1 is 1.29 bits per heavy atom. The van der Waals surface area contributed by atoms with Crippen LogP contribution in [0.2, 0.25) is 10.0 Å². The Morgan fingerprint density at radius 2 is 2.11 bits per heavy atom. The molecule has 1 N–H and O–H groups in total. The fourth-order valence-electron chi connectivity index (χ4n) is 2.86. The maximum atomic E-state index is 12.4. The Morgan fingerprint density at radius 3 is 2.93 bits per heavy atom. The van der Waals surface area contributed by atoms with Crippen molar-refractivity contribution in [3.8, 4) is 17.0 Å². The van der Waals surface area contributed by atoms with Crippen molar-refractivity contribution >= 4 is 56.6 Å². The van der Waals surface area contributed by atoms with E-state index in [2.05, 4.69) is 15.3 Å². The number of nitrogens with zero attached hydrogens (tertiary/aromatic N) is 3. The van der Waals surface area contributed by atoms with Gasteiger partial charge in [0.1, 0.15) is 12.3 Å². The first-order valence-corrected chi connectivity index (χ1v) is 9.87. The summed E-state index contributed by atoms with van der Waals surface area (Å²) < 4.78 is 7.15. The molecule has 2 heterocycles. The maximum absolute atomic E-state index is 12.4. The summed E-state index contributed by atoms with van der Waals surface area (Å²) in [6, 6.07) is 11.0. The lowest BCUT2D eigenvalue weighted by Crippen LogP contribution is -2.18. The number of amides is 1. The Bertz CT molecular complexity index is 1170. The van der Waals surface area contributed by atoms with E-state index in [0.29, 0.717) is 32.2 Å². The smallest absolute Gasteiger partial charge is 0.246 e. The van der Waals surface area contributed by atoms with Gasteiger partial charge in [-0.3, -0.25) is 4.79 Å². The third-order valence-electron chi connectivity index (χ3n) is 4.08. The highest BCUT2D eigenvalue weighted by molar-refractivity contribution is 7.14. The van der Waals surface area contributed by atoms with Crippen molar-refractivity contribution in [2.75, 3.05) is 12.4 Å². The summed E-state index contributed by atoms with van der Waals surface area (Å²) in [5, 5.41) is 5.98. The maximum Gasteiger partial charge on any atom is 0.246 e. The number of hydrogen-bond donors (Lipinski definition) is 1. The number of fused-ring (bicyclic) bond motifs is 1. The van der Waals surface area contributed by atoms with Crippen molar-refractivity contribution in [2.24, 2.45) is 0 Å². The first-order chi connectivity index (χ1) is 13.5. The number of nitrogens with one attached hydrogen (secondary N) is 1. The lowest BCUT2D eigenvalue weighted by molar-refractivity contribution is -0.116. The highest BCUT2D eigenvalue weighted by atomic mass is 35.5. The Labute approximate surface area is 174 Å². The van der Waals surface area contributed by atoms with E-state index in [1.54, 1.807) is 23.0 Å². The SMILES string of the molecule is COc1c(Cl)cc(Cl)cc1-c1csc(NC(=O)Cn2cnc3ccccc32)n1. The number of halogens is 2. The van der Waals surface area contributed by atoms with Crippen LogP contribution in [0.5, 0.6) is 5.75 Å².